The molecule has 1 aliphatic rings. The highest BCUT2D eigenvalue weighted by atomic mass is 32.2. The largest absolute Gasteiger partial charge is 0.339 e. The number of piperazine rings is 1. The summed E-state index contributed by atoms with van der Waals surface area (Å²) in [6, 6.07) is 7.33. The van der Waals surface area contributed by atoms with E-state index in [0.717, 1.165) is 19.6 Å². The molecule has 0 saturated carbocycles. The van der Waals surface area contributed by atoms with Gasteiger partial charge in [-0.1, -0.05) is 25.1 Å². The first-order valence-electron chi connectivity index (χ1n) is 7.52. The van der Waals surface area contributed by atoms with Crippen molar-refractivity contribution < 1.29 is 13.2 Å². The predicted molar refractivity (Wildman–Crippen MR) is 84.9 cm³/mol. The van der Waals surface area contributed by atoms with E-state index in [1.807, 2.05) is 0 Å². The molecule has 1 N–H and O–H groups in total. The minimum Gasteiger partial charge on any atom is -0.339 e. The Labute approximate surface area is 132 Å². The van der Waals surface area contributed by atoms with Crippen LogP contribution in [0.2, 0.25) is 0 Å². The number of carbonyl (C=O) groups is 1. The van der Waals surface area contributed by atoms with Crippen molar-refractivity contribution in [3.05, 3.63) is 30.3 Å². The van der Waals surface area contributed by atoms with Gasteiger partial charge in [0.05, 0.1) is 10.9 Å². The zero-order valence-corrected chi connectivity index (χ0v) is 13.8. The molecule has 6 nitrogen and oxygen atoms in total. The minimum atomic E-state index is -3.67. The fourth-order valence-corrected chi connectivity index (χ4v) is 3.73. The number of likely N-dealkylation sites (N-methyl/N-ethyl adjacent to an activating group) is 1. The van der Waals surface area contributed by atoms with E-state index in [1.165, 1.54) is 12.1 Å². The summed E-state index contributed by atoms with van der Waals surface area (Å²) >= 11 is 0. The Balaban J connectivity index is 1.97. The second kappa shape index (κ2) is 7.21. The molecule has 0 aromatic heterocycles. The third-order valence-electron chi connectivity index (χ3n) is 3.89. The quantitative estimate of drug-likeness (QED) is 0.857. The van der Waals surface area contributed by atoms with Crippen LogP contribution in [0.5, 0.6) is 0 Å². The maximum atomic E-state index is 12.4. The van der Waals surface area contributed by atoms with Crippen LogP contribution in [0.3, 0.4) is 0 Å². The van der Waals surface area contributed by atoms with E-state index in [2.05, 4.69) is 16.5 Å². The van der Waals surface area contributed by atoms with Gasteiger partial charge in [-0.05, 0) is 25.6 Å². The van der Waals surface area contributed by atoms with Crippen molar-refractivity contribution in [1.82, 2.24) is 14.5 Å². The van der Waals surface area contributed by atoms with Gasteiger partial charge < -0.3 is 9.80 Å². The average Bonchev–Trinajstić information content (AvgIpc) is 2.54. The SMILES string of the molecule is CCN1CCN(C(=O)[C@@H](C)NS(=O)(=O)c2ccccc2)CC1. The molecule has 7 heteroatoms. The van der Waals surface area contributed by atoms with Crippen LogP contribution >= 0.6 is 0 Å². The van der Waals surface area contributed by atoms with Crippen molar-refractivity contribution in [2.45, 2.75) is 24.8 Å². The Hall–Kier alpha value is -1.44. The van der Waals surface area contributed by atoms with Crippen molar-refractivity contribution in [2.75, 3.05) is 32.7 Å². The van der Waals surface area contributed by atoms with Gasteiger partial charge in [0, 0.05) is 26.2 Å². The lowest BCUT2D eigenvalue weighted by molar-refractivity contribution is -0.134. The molecular weight excluding hydrogens is 302 g/mol. The molecule has 2 rings (SSSR count). The monoisotopic (exact) mass is 325 g/mol. The highest BCUT2D eigenvalue weighted by Crippen LogP contribution is 2.10. The average molecular weight is 325 g/mol. The summed E-state index contributed by atoms with van der Waals surface area (Å²) in [5.41, 5.74) is 0. The molecule has 1 aromatic carbocycles. The van der Waals surface area contributed by atoms with Gasteiger partial charge >= 0.3 is 0 Å². The van der Waals surface area contributed by atoms with Gasteiger partial charge in [-0.25, -0.2) is 8.42 Å². The first kappa shape index (κ1) is 16.9. The zero-order valence-electron chi connectivity index (χ0n) is 13.0. The third kappa shape index (κ3) is 4.06. The summed E-state index contributed by atoms with van der Waals surface area (Å²) in [5, 5.41) is 0. The standard InChI is InChI=1S/C15H23N3O3S/c1-3-17-9-11-18(12-10-17)15(19)13(2)16-22(20,21)14-7-5-4-6-8-14/h4-8,13,16H,3,9-12H2,1-2H3/t13-/m1/s1. The van der Waals surface area contributed by atoms with Crippen LogP contribution in [0.15, 0.2) is 35.2 Å². The van der Waals surface area contributed by atoms with Crippen molar-refractivity contribution in [2.24, 2.45) is 0 Å². The first-order chi connectivity index (χ1) is 10.4. The molecule has 0 spiro atoms. The van der Waals surface area contributed by atoms with Crippen molar-refractivity contribution in [1.29, 1.82) is 0 Å². The van der Waals surface area contributed by atoms with E-state index in [4.69, 9.17) is 0 Å². The normalized spacial score (nSPS) is 18.2. The number of rotatable bonds is 5. The van der Waals surface area contributed by atoms with Gasteiger partial charge in [-0.2, -0.15) is 4.72 Å². The number of benzene rings is 1. The Morgan fingerprint density at radius 2 is 1.77 bits per heavy atom. The van der Waals surface area contributed by atoms with Crippen LogP contribution in [0.1, 0.15) is 13.8 Å². The summed E-state index contributed by atoms with van der Waals surface area (Å²) < 4.78 is 26.9. The molecule has 122 valence electrons. The molecule has 22 heavy (non-hydrogen) atoms. The second-order valence-corrected chi connectivity index (χ2v) is 7.13. The third-order valence-corrected chi connectivity index (χ3v) is 5.44. The molecule has 1 atom stereocenters. The number of carbonyl (C=O) groups excluding carboxylic acids is 1. The lowest BCUT2D eigenvalue weighted by atomic mass is 10.2. The molecule has 0 radical (unpaired) electrons. The van der Waals surface area contributed by atoms with Gasteiger partial charge in [0.1, 0.15) is 0 Å². The summed E-state index contributed by atoms with van der Waals surface area (Å²) in [6.07, 6.45) is 0. The van der Waals surface area contributed by atoms with Crippen LogP contribution in [-0.4, -0.2) is 62.9 Å². The number of nitrogens with one attached hydrogen (secondary N) is 1. The summed E-state index contributed by atoms with van der Waals surface area (Å²) in [5.74, 6) is -0.171. The molecule has 1 heterocycles. The van der Waals surface area contributed by atoms with Crippen LogP contribution < -0.4 is 4.72 Å². The lowest BCUT2D eigenvalue weighted by Gasteiger charge is -2.35. The number of sulfonamides is 1. The van der Waals surface area contributed by atoms with Gasteiger partial charge in [-0.3, -0.25) is 4.79 Å². The minimum absolute atomic E-state index is 0.171. The van der Waals surface area contributed by atoms with Crippen LogP contribution in [-0.2, 0) is 14.8 Å². The van der Waals surface area contributed by atoms with Gasteiger partial charge in [-0.15, -0.1) is 0 Å². The van der Waals surface area contributed by atoms with E-state index in [-0.39, 0.29) is 10.8 Å². The van der Waals surface area contributed by atoms with Crippen molar-refractivity contribution in [3.8, 4) is 0 Å². The Morgan fingerprint density at radius 3 is 2.32 bits per heavy atom. The topological polar surface area (TPSA) is 69.7 Å². The lowest BCUT2D eigenvalue weighted by Crippen LogP contribution is -2.54. The molecule has 0 unspecified atom stereocenters. The van der Waals surface area contributed by atoms with Crippen LogP contribution in [0.4, 0.5) is 0 Å². The summed E-state index contributed by atoms with van der Waals surface area (Å²) in [4.78, 5) is 16.5. The molecule has 1 aliphatic heterocycles. The van der Waals surface area contributed by atoms with Crippen LogP contribution in [0, 0.1) is 0 Å². The highest BCUT2D eigenvalue weighted by Gasteiger charge is 2.27. The van der Waals surface area contributed by atoms with Crippen LogP contribution in [0.25, 0.3) is 0 Å². The number of hydrogen-bond donors (Lipinski definition) is 1. The maximum Gasteiger partial charge on any atom is 0.241 e. The molecule has 1 fully saturated rings. The Morgan fingerprint density at radius 1 is 1.18 bits per heavy atom. The number of hydrogen-bond acceptors (Lipinski definition) is 4. The zero-order chi connectivity index (χ0) is 16.2. The van der Waals surface area contributed by atoms with Crippen molar-refractivity contribution in [3.63, 3.8) is 0 Å². The van der Waals surface area contributed by atoms with E-state index >= 15 is 0 Å². The van der Waals surface area contributed by atoms with E-state index in [9.17, 15) is 13.2 Å². The predicted octanol–water partition coefficient (Wildman–Crippen LogP) is 0.518. The summed E-state index contributed by atoms with van der Waals surface area (Å²) in [7, 11) is -3.67. The Kier molecular flexibility index (Phi) is 5.55. The highest BCUT2D eigenvalue weighted by molar-refractivity contribution is 7.89. The first-order valence-corrected chi connectivity index (χ1v) is 9.01. The van der Waals surface area contributed by atoms with Gasteiger partial charge in [0.15, 0.2) is 0 Å². The number of nitrogens with zero attached hydrogens (tertiary/aromatic N) is 2. The molecular formula is C15H23N3O3S. The molecule has 0 aliphatic carbocycles. The fraction of sp³-hybridized carbons (Fsp3) is 0.533. The van der Waals surface area contributed by atoms with Gasteiger partial charge in [0.25, 0.3) is 0 Å². The van der Waals surface area contributed by atoms with E-state index in [0.29, 0.717) is 13.1 Å². The van der Waals surface area contributed by atoms with Gasteiger partial charge in [0.2, 0.25) is 15.9 Å². The van der Waals surface area contributed by atoms with E-state index < -0.39 is 16.1 Å². The second-order valence-electron chi connectivity index (χ2n) is 5.42. The molecule has 1 amide bonds. The molecule has 0 bridgehead atoms. The fourth-order valence-electron chi connectivity index (χ4n) is 2.51. The Bertz CT molecular complexity index is 596. The van der Waals surface area contributed by atoms with Crippen molar-refractivity contribution >= 4 is 15.9 Å². The van der Waals surface area contributed by atoms with E-state index in [1.54, 1.807) is 30.0 Å². The molecule has 1 saturated heterocycles. The smallest absolute Gasteiger partial charge is 0.241 e. The summed E-state index contributed by atoms with van der Waals surface area (Å²) in [6.45, 7) is 7.61. The maximum absolute atomic E-state index is 12.4. The number of amides is 1. The molecule has 1 aromatic rings.